The normalized spacial score (nSPS) is 12.5. The molecule has 0 N–H and O–H groups in total. The molecular weight excluding hydrogens is 242 g/mol. The van der Waals surface area contributed by atoms with Crippen molar-refractivity contribution in [3.05, 3.63) is 11.8 Å². The molecule has 0 aromatic carbocycles. The maximum absolute atomic E-state index is 5.37. The van der Waals surface area contributed by atoms with E-state index in [0.29, 0.717) is 11.8 Å². The van der Waals surface area contributed by atoms with Crippen molar-refractivity contribution in [2.24, 2.45) is 0 Å². The number of thioether (sulfide) groups is 1. The van der Waals surface area contributed by atoms with Crippen LogP contribution >= 0.6 is 24.0 Å². The van der Waals surface area contributed by atoms with Gasteiger partial charge in [-0.1, -0.05) is 24.0 Å². The number of hydrogen-bond acceptors (Lipinski definition) is 5. The SMILES string of the molecule is CCN(CC)C(=S)S[C@H](C)c1nnc(C)o1. The summed E-state index contributed by atoms with van der Waals surface area (Å²) in [7, 11) is 0. The Labute approximate surface area is 106 Å². The molecule has 0 bridgehead atoms. The third kappa shape index (κ3) is 3.45. The van der Waals surface area contributed by atoms with E-state index >= 15 is 0 Å². The van der Waals surface area contributed by atoms with E-state index in [9.17, 15) is 0 Å². The maximum Gasteiger partial charge on any atom is 0.229 e. The molecule has 16 heavy (non-hydrogen) atoms. The van der Waals surface area contributed by atoms with Crippen molar-refractivity contribution in [1.29, 1.82) is 0 Å². The van der Waals surface area contributed by atoms with Gasteiger partial charge in [0.15, 0.2) is 0 Å². The Morgan fingerprint density at radius 2 is 2.06 bits per heavy atom. The van der Waals surface area contributed by atoms with E-state index in [1.54, 1.807) is 18.7 Å². The van der Waals surface area contributed by atoms with Gasteiger partial charge in [0, 0.05) is 20.0 Å². The van der Waals surface area contributed by atoms with Gasteiger partial charge in [0.25, 0.3) is 0 Å². The van der Waals surface area contributed by atoms with E-state index < -0.39 is 0 Å². The summed E-state index contributed by atoms with van der Waals surface area (Å²) in [5.74, 6) is 1.23. The molecule has 1 aromatic heterocycles. The molecule has 4 nitrogen and oxygen atoms in total. The van der Waals surface area contributed by atoms with Crippen LogP contribution in [0.4, 0.5) is 0 Å². The summed E-state index contributed by atoms with van der Waals surface area (Å²) in [5, 5.41) is 7.91. The van der Waals surface area contributed by atoms with Crippen LogP contribution in [0.2, 0.25) is 0 Å². The van der Waals surface area contributed by atoms with Crippen LogP contribution in [0.25, 0.3) is 0 Å². The van der Waals surface area contributed by atoms with Crippen molar-refractivity contribution >= 4 is 28.3 Å². The lowest BCUT2D eigenvalue weighted by Crippen LogP contribution is -2.27. The van der Waals surface area contributed by atoms with Gasteiger partial charge in [-0.05, 0) is 20.8 Å². The van der Waals surface area contributed by atoms with E-state index in [1.807, 2.05) is 6.92 Å². The van der Waals surface area contributed by atoms with Crippen LogP contribution in [-0.2, 0) is 0 Å². The molecule has 0 saturated carbocycles. The second-order valence-electron chi connectivity index (χ2n) is 3.36. The summed E-state index contributed by atoms with van der Waals surface area (Å²) in [4.78, 5) is 2.14. The van der Waals surface area contributed by atoms with Crippen molar-refractivity contribution in [2.45, 2.75) is 32.9 Å². The van der Waals surface area contributed by atoms with Crippen molar-refractivity contribution in [1.82, 2.24) is 15.1 Å². The fourth-order valence-electron chi connectivity index (χ4n) is 1.23. The third-order valence-electron chi connectivity index (χ3n) is 2.19. The summed E-state index contributed by atoms with van der Waals surface area (Å²) in [5.41, 5.74) is 0. The Balaban J connectivity index is 2.57. The van der Waals surface area contributed by atoms with Gasteiger partial charge < -0.3 is 9.32 Å². The van der Waals surface area contributed by atoms with Crippen molar-refractivity contribution in [3.8, 4) is 0 Å². The third-order valence-corrected chi connectivity index (χ3v) is 3.75. The molecule has 0 fully saturated rings. The smallest absolute Gasteiger partial charge is 0.229 e. The Morgan fingerprint density at radius 1 is 1.44 bits per heavy atom. The molecule has 1 rings (SSSR count). The van der Waals surface area contributed by atoms with Crippen LogP contribution in [0, 0.1) is 6.92 Å². The first-order valence-electron chi connectivity index (χ1n) is 5.34. The van der Waals surface area contributed by atoms with Gasteiger partial charge in [-0.25, -0.2) is 0 Å². The fraction of sp³-hybridized carbons (Fsp3) is 0.700. The molecule has 90 valence electrons. The van der Waals surface area contributed by atoms with Gasteiger partial charge in [-0.3, -0.25) is 0 Å². The average molecular weight is 259 g/mol. The summed E-state index contributed by atoms with van der Waals surface area (Å²) < 4.78 is 6.25. The van der Waals surface area contributed by atoms with Crippen LogP contribution in [-0.4, -0.2) is 32.5 Å². The van der Waals surface area contributed by atoms with Gasteiger partial charge >= 0.3 is 0 Å². The fourth-order valence-corrected chi connectivity index (χ4v) is 2.83. The molecule has 0 aliphatic carbocycles. The van der Waals surface area contributed by atoms with Crippen LogP contribution in [0.3, 0.4) is 0 Å². The lowest BCUT2D eigenvalue weighted by Gasteiger charge is -2.22. The molecule has 1 atom stereocenters. The second kappa shape index (κ2) is 6.20. The standard InChI is InChI=1S/C10H17N3OS2/c1-5-13(6-2)10(15)16-7(3)9-12-11-8(4)14-9/h7H,5-6H2,1-4H3/t7-/m1/s1. The summed E-state index contributed by atoms with van der Waals surface area (Å²) in [6, 6.07) is 0. The zero-order chi connectivity index (χ0) is 12.1. The molecule has 6 heteroatoms. The zero-order valence-corrected chi connectivity index (χ0v) is 11.7. The van der Waals surface area contributed by atoms with Gasteiger partial charge in [0.05, 0.1) is 5.25 Å². The summed E-state index contributed by atoms with van der Waals surface area (Å²) in [6.07, 6.45) is 0. The number of nitrogens with zero attached hydrogens (tertiary/aromatic N) is 3. The lowest BCUT2D eigenvalue weighted by molar-refractivity contribution is 0.468. The highest BCUT2D eigenvalue weighted by Gasteiger charge is 2.17. The largest absolute Gasteiger partial charge is 0.424 e. The summed E-state index contributed by atoms with van der Waals surface area (Å²) >= 11 is 6.94. The maximum atomic E-state index is 5.37. The minimum Gasteiger partial charge on any atom is -0.424 e. The van der Waals surface area contributed by atoms with Crippen molar-refractivity contribution in [3.63, 3.8) is 0 Å². The zero-order valence-electron chi connectivity index (χ0n) is 10.1. The van der Waals surface area contributed by atoms with E-state index in [4.69, 9.17) is 16.6 Å². The van der Waals surface area contributed by atoms with Crippen LogP contribution in [0.15, 0.2) is 4.42 Å². The first kappa shape index (κ1) is 13.4. The lowest BCUT2D eigenvalue weighted by atomic mass is 10.5. The molecule has 0 spiro atoms. The average Bonchev–Trinajstić information content (AvgIpc) is 2.66. The molecule has 0 aliphatic rings. The quantitative estimate of drug-likeness (QED) is 0.775. The first-order valence-corrected chi connectivity index (χ1v) is 6.62. The number of aryl methyl sites for hydroxylation is 1. The minimum absolute atomic E-state index is 0.106. The molecular formula is C10H17N3OS2. The van der Waals surface area contributed by atoms with Gasteiger partial charge in [0.2, 0.25) is 11.8 Å². The minimum atomic E-state index is 0.106. The van der Waals surface area contributed by atoms with E-state index in [0.717, 1.165) is 17.4 Å². The molecule has 0 saturated heterocycles. The predicted molar refractivity (Wildman–Crippen MR) is 70.6 cm³/mol. The molecule has 1 heterocycles. The highest BCUT2D eigenvalue weighted by atomic mass is 32.2. The number of aromatic nitrogens is 2. The first-order chi connectivity index (χ1) is 7.58. The van der Waals surface area contributed by atoms with E-state index in [1.165, 1.54) is 0 Å². The summed E-state index contributed by atoms with van der Waals surface area (Å²) in [6.45, 7) is 9.86. The highest BCUT2D eigenvalue weighted by molar-refractivity contribution is 8.23. The number of hydrogen-bond donors (Lipinski definition) is 0. The highest BCUT2D eigenvalue weighted by Crippen LogP contribution is 2.29. The van der Waals surface area contributed by atoms with Gasteiger partial charge in [-0.15, -0.1) is 10.2 Å². The molecule has 0 unspecified atom stereocenters. The van der Waals surface area contributed by atoms with Crippen molar-refractivity contribution in [2.75, 3.05) is 13.1 Å². The molecule has 0 radical (unpaired) electrons. The number of rotatable bonds is 4. The van der Waals surface area contributed by atoms with Crippen LogP contribution in [0.1, 0.15) is 37.8 Å². The van der Waals surface area contributed by atoms with Gasteiger partial charge in [-0.2, -0.15) is 0 Å². The van der Waals surface area contributed by atoms with E-state index in [-0.39, 0.29) is 5.25 Å². The molecule has 1 aromatic rings. The molecule has 0 amide bonds. The monoisotopic (exact) mass is 259 g/mol. The Morgan fingerprint density at radius 3 is 2.50 bits per heavy atom. The Bertz CT molecular complexity index is 350. The number of thiocarbonyl (C=S) groups is 1. The Kier molecular flexibility index (Phi) is 5.21. The topological polar surface area (TPSA) is 42.2 Å². The van der Waals surface area contributed by atoms with Crippen LogP contribution < -0.4 is 0 Å². The predicted octanol–water partition coefficient (Wildman–Crippen LogP) is 2.80. The Hall–Kier alpha value is -0.620. The van der Waals surface area contributed by atoms with Crippen molar-refractivity contribution < 1.29 is 4.42 Å². The van der Waals surface area contributed by atoms with Crippen LogP contribution in [0.5, 0.6) is 0 Å². The second-order valence-corrected chi connectivity index (χ2v) is 5.33. The van der Waals surface area contributed by atoms with Gasteiger partial charge in [0.1, 0.15) is 4.32 Å². The van der Waals surface area contributed by atoms with E-state index in [2.05, 4.69) is 28.9 Å². The molecule has 0 aliphatic heterocycles.